The fraction of sp³-hybridized carbons (Fsp3) is 0.600. The van der Waals surface area contributed by atoms with Crippen molar-refractivity contribution in [2.24, 2.45) is 0 Å². The quantitative estimate of drug-likeness (QED) is 0.763. The van der Waals surface area contributed by atoms with E-state index in [0.29, 0.717) is 0 Å². The fourth-order valence-electron chi connectivity index (χ4n) is 2.50. The van der Waals surface area contributed by atoms with Gasteiger partial charge >= 0.3 is 0 Å². The maximum Gasteiger partial charge on any atom is 0.0679 e. The van der Waals surface area contributed by atoms with Gasteiger partial charge in [-0.05, 0) is 37.8 Å². The van der Waals surface area contributed by atoms with Crippen LogP contribution in [-0.2, 0) is 6.42 Å². The van der Waals surface area contributed by atoms with Gasteiger partial charge in [-0.1, -0.05) is 36.8 Å². The van der Waals surface area contributed by atoms with Gasteiger partial charge in [0.2, 0.25) is 0 Å². The Morgan fingerprint density at radius 2 is 1.94 bits per heavy atom. The summed E-state index contributed by atoms with van der Waals surface area (Å²) >= 11 is 0. The number of unbranched alkanes of at least 4 members (excludes halogenated alkanes) is 2. The van der Waals surface area contributed by atoms with E-state index in [1.165, 1.54) is 31.2 Å². The summed E-state index contributed by atoms with van der Waals surface area (Å²) in [6.07, 6.45) is 5.92. The number of hydrogen-bond acceptors (Lipinski definition) is 2. The number of aryl methyl sites for hydroxylation is 1. The van der Waals surface area contributed by atoms with Gasteiger partial charge in [-0.2, -0.15) is 0 Å². The molecule has 0 spiro atoms. The number of rotatable bonds is 6. The Kier molecular flexibility index (Phi) is 5.02. The monoisotopic (exact) mass is 233 g/mol. The lowest BCUT2D eigenvalue weighted by molar-refractivity contribution is 0.175. The lowest BCUT2D eigenvalue weighted by Crippen LogP contribution is -2.23. The van der Waals surface area contributed by atoms with Crippen LogP contribution in [-0.4, -0.2) is 35.7 Å². The SMILES string of the molecule is O[C@@H]1CCN(CCCCCc2ccccc2)C1. The van der Waals surface area contributed by atoms with Gasteiger partial charge in [0.05, 0.1) is 6.10 Å². The molecule has 0 aliphatic carbocycles. The second-order valence-corrected chi connectivity index (χ2v) is 5.04. The highest BCUT2D eigenvalue weighted by Crippen LogP contribution is 2.11. The van der Waals surface area contributed by atoms with Crippen LogP contribution in [0.2, 0.25) is 0 Å². The first kappa shape index (κ1) is 12.6. The average molecular weight is 233 g/mol. The molecule has 1 atom stereocenters. The lowest BCUT2D eigenvalue weighted by Gasteiger charge is -2.14. The topological polar surface area (TPSA) is 23.5 Å². The molecule has 1 fully saturated rings. The minimum Gasteiger partial charge on any atom is -0.392 e. The largest absolute Gasteiger partial charge is 0.392 e. The molecular weight excluding hydrogens is 210 g/mol. The van der Waals surface area contributed by atoms with Crippen LogP contribution in [0.25, 0.3) is 0 Å². The van der Waals surface area contributed by atoms with Crippen LogP contribution in [0.4, 0.5) is 0 Å². The fourth-order valence-corrected chi connectivity index (χ4v) is 2.50. The molecule has 1 heterocycles. The number of hydrogen-bond donors (Lipinski definition) is 1. The van der Waals surface area contributed by atoms with Gasteiger partial charge in [-0.3, -0.25) is 0 Å². The van der Waals surface area contributed by atoms with E-state index in [1.54, 1.807) is 0 Å². The first-order valence-electron chi connectivity index (χ1n) is 6.79. The van der Waals surface area contributed by atoms with E-state index >= 15 is 0 Å². The van der Waals surface area contributed by atoms with E-state index in [2.05, 4.69) is 35.2 Å². The Morgan fingerprint density at radius 1 is 1.12 bits per heavy atom. The van der Waals surface area contributed by atoms with Crippen molar-refractivity contribution in [2.45, 2.75) is 38.2 Å². The van der Waals surface area contributed by atoms with Crippen LogP contribution in [0.5, 0.6) is 0 Å². The molecule has 0 unspecified atom stereocenters. The van der Waals surface area contributed by atoms with Gasteiger partial charge in [-0.25, -0.2) is 0 Å². The van der Waals surface area contributed by atoms with E-state index in [-0.39, 0.29) is 6.10 Å². The zero-order valence-corrected chi connectivity index (χ0v) is 10.5. The summed E-state index contributed by atoms with van der Waals surface area (Å²) in [6, 6.07) is 10.7. The Bertz CT molecular complexity index is 312. The number of β-amino-alcohol motifs (C(OH)–C–C–N with tert-alkyl or cyclic N) is 1. The summed E-state index contributed by atoms with van der Waals surface area (Å²) in [5.74, 6) is 0. The molecule has 17 heavy (non-hydrogen) atoms. The summed E-state index contributed by atoms with van der Waals surface area (Å²) in [4.78, 5) is 2.38. The standard InChI is InChI=1S/C15H23NO/c17-15-10-12-16(13-15)11-6-2-5-9-14-7-3-1-4-8-14/h1,3-4,7-8,15,17H,2,5-6,9-13H2/t15-/m1/s1. The van der Waals surface area contributed by atoms with Crippen LogP contribution < -0.4 is 0 Å². The van der Waals surface area contributed by atoms with Gasteiger partial charge in [0.1, 0.15) is 0 Å². The molecule has 2 nitrogen and oxygen atoms in total. The number of likely N-dealkylation sites (tertiary alicyclic amines) is 1. The summed E-state index contributed by atoms with van der Waals surface area (Å²) < 4.78 is 0. The summed E-state index contributed by atoms with van der Waals surface area (Å²) in [5, 5.41) is 9.41. The molecule has 2 rings (SSSR count). The number of nitrogens with zero attached hydrogens (tertiary/aromatic N) is 1. The third kappa shape index (κ3) is 4.49. The van der Waals surface area contributed by atoms with Crippen molar-refractivity contribution in [3.63, 3.8) is 0 Å². The summed E-state index contributed by atoms with van der Waals surface area (Å²) in [5.41, 5.74) is 1.45. The van der Waals surface area contributed by atoms with E-state index in [9.17, 15) is 5.11 Å². The van der Waals surface area contributed by atoms with Crippen molar-refractivity contribution in [3.05, 3.63) is 35.9 Å². The van der Waals surface area contributed by atoms with E-state index in [1.807, 2.05) is 0 Å². The molecule has 2 heteroatoms. The maximum absolute atomic E-state index is 9.41. The molecule has 1 aromatic rings. The van der Waals surface area contributed by atoms with Gasteiger partial charge < -0.3 is 10.0 Å². The highest BCUT2D eigenvalue weighted by atomic mass is 16.3. The molecule has 0 amide bonds. The molecule has 0 aromatic heterocycles. The van der Waals surface area contributed by atoms with Gasteiger partial charge in [0, 0.05) is 13.1 Å². The second-order valence-electron chi connectivity index (χ2n) is 5.04. The van der Waals surface area contributed by atoms with Crippen molar-refractivity contribution in [1.29, 1.82) is 0 Å². The predicted octanol–water partition coefficient (Wildman–Crippen LogP) is 2.47. The second kappa shape index (κ2) is 6.77. The van der Waals surface area contributed by atoms with Crippen molar-refractivity contribution in [3.8, 4) is 0 Å². The zero-order chi connectivity index (χ0) is 11.9. The zero-order valence-electron chi connectivity index (χ0n) is 10.5. The van der Waals surface area contributed by atoms with Gasteiger partial charge in [0.15, 0.2) is 0 Å². The van der Waals surface area contributed by atoms with Gasteiger partial charge in [0.25, 0.3) is 0 Å². The minimum atomic E-state index is -0.0701. The van der Waals surface area contributed by atoms with Crippen LogP contribution in [0.15, 0.2) is 30.3 Å². The van der Waals surface area contributed by atoms with Crippen LogP contribution in [0.1, 0.15) is 31.2 Å². The van der Waals surface area contributed by atoms with Crippen molar-refractivity contribution >= 4 is 0 Å². The summed E-state index contributed by atoms with van der Waals surface area (Å²) in [7, 11) is 0. The molecular formula is C15H23NO. The Morgan fingerprint density at radius 3 is 2.65 bits per heavy atom. The number of benzene rings is 1. The molecule has 1 aromatic carbocycles. The van der Waals surface area contributed by atoms with Crippen LogP contribution in [0, 0.1) is 0 Å². The van der Waals surface area contributed by atoms with E-state index in [4.69, 9.17) is 0 Å². The highest BCUT2D eigenvalue weighted by Gasteiger charge is 2.18. The van der Waals surface area contributed by atoms with E-state index < -0.39 is 0 Å². The van der Waals surface area contributed by atoms with Crippen molar-refractivity contribution in [2.75, 3.05) is 19.6 Å². The Hall–Kier alpha value is -0.860. The summed E-state index contributed by atoms with van der Waals surface area (Å²) in [6.45, 7) is 3.13. The van der Waals surface area contributed by atoms with Gasteiger partial charge in [-0.15, -0.1) is 0 Å². The van der Waals surface area contributed by atoms with Crippen LogP contribution >= 0.6 is 0 Å². The maximum atomic E-state index is 9.41. The molecule has 0 bridgehead atoms. The number of aliphatic hydroxyl groups is 1. The average Bonchev–Trinajstić information content (AvgIpc) is 2.76. The van der Waals surface area contributed by atoms with Crippen molar-refractivity contribution in [1.82, 2.24) is 4.90 Å². The first-order valence-corrected chi connectivity index (χ1v) is 6.79. The molecule has 1 aliphatic rings. The third-order valence-corrected chi connectivity index (χ3v) is 3.53. The molecule has 0 radical (unpaired) electrons. The minimum absolute atomic E-state index is 0.0701. The molecule has 1 saturated heterocycles. The van der Waals surface area contributed by atoms with Crippen LogP contribution in [0.3, 0.4) is 0 Å². The number of aliphatic hydroxyl groups excluding tert-OH is 1. The normalized spacial score (nSPS) is 20.9. The Labute approximate surface area is 104 Å². The highest BCUT2D eigenvalue weighted by molar-refractivity contribution is 5.14. The smallest absolute Gasteiger partial charge is 0.0679 e. The first-order chi connectivity index (χ1) is 8.34. The predicted molar refractivity (Wildman–Crippen MR) is 71.1 cm³/mol. The van der Waals surface area contributed by atoms with E-state index in [0.717, 1.165) is 26.1 Å². The van der Waals surface area contributed by atoms with Crippen molar-refractivity contribution < 1.29 is 5.11 Å². The third-order valence-electron chi connectivity index (χ3n) is 3.53. The Balaban J connectivity index is 1.52. The molecule has 1 N–H and O–H groups in total. The molecule has 1 aliphatic heterocycles. The lowest BCUT2D eigenvalue weighted by atomic mass is 10.1. The molecule has 94 valence electrons. The molecule has 0 saturated carbocycles.